The largest absolute Gasteiger partial charge is 0.466 e. The topological polar surface area (TPSA) is 89.7 Å². The van der Waals surface area contributed by atoms with Gasteiger partial charge < -0.3 is 9.64 Å². The number of thioether (sulfide) groups is 1. The van der Waals surface area contributed by atoms with E-state index >= 15 is 0 Å². The zero-order valence-corrected chi connectivity index (χ0v) is 16.1. The summed E-state index contributed by atoms with van der Waals surface area (Å²) in [7, 11) is 0. The molecule has 0 unspecified atom stereocenters. The SMILES string of the molecule is CCOC(=O)[C@@H]1CCCN(C(=O)CSc2nnc3nc(C)cc(C)n23)C1. The molecule has 8 nitrogen and oxygen atoms in total. The first-order chi connectivity index (χ1) is 12.5. The van der Waals surface area contributed by atoms with E-state index in [1.54, 1.807) is 11.8 Å². The number of hydrogen-bond acceptors (Lipinski definition) is 7. The van der Waals surface area contributed by atoms with Gasteiger partial charge in [0, 0.05) is 24.5 Å². The highest BCUT2D eigenvalue weighted by molar-refractivity contribution is 7.99. The highest BCUT2D eigenvalue weighted by atomic mass is 32.2. The molecule has 1 aliphatic heterocycles. The summed E-state index contributed by atoms with van der Waals surface area (Å²) in [6.07, 6.45) is 1.59. The van der Waals surface area contributed by atoms with Gasteiger partial charge in [-0.2, -0.15) is 0 Å². The molecule has 2 aromatic rings. The number of aryl methyl sites for hydroxylation is 2. The van der Waals surface area contributed by atoms with Gasteiger partial charge in [-0.1, -0.05) is 11.8 Å². The Kier molecular flexibility index (Phi) is 5.75. The molecule has 1 atom stereocenters. The number of likely N-dealkylation sites (tertiary alicyclic amines) is 1. The number of carbonyl (C=O) groups excluding carboxylic acids is 2. The fraction of sp³-hybridized carbons (Fsp3) is 0.588. The average Bonchev–Trinajstić information content (AvgIpc) is 3.03. The number of nitrogens with zero attached hydrogens (tertiary/aromatic N) is 5. The van der Waals surface area contributed by atoms with Gasteiger partial charge >= 0.3 is 5.97 Å². The Morgan fingerprint density at radius 3 is 2.92 bits per heavy atom. The molecule has 9 heteroatoms. The third-order valence-electron chi connectivity index (χ3n) is 4.38. The minimum absolute atomic E-state index is 0.00141. The molecule has 1 aliphatic rings. The molecule has 3 rings (SSSR count). The third-order valence-corrected chi connectivity index (χ3v) is 5.30. The Morgan fingerprint density at radius 1 is 1.35 bits per heavy atom. The van der Waals surface area contributed by atoms with E-state index in [1.165, 1.54) is 11.8 Å². The van der Waals surface area contributed by atoms with Crippen molar-refractivity contribution in [2.45, 2.75) is 38.8 Å². The molecule has 0 radical (unpaired) electrons. The van der Waals surface area contributed by atoms with Crippen molar-refractivity contribution in [2.24, 2.45) is 5.92 Å². The molecular formula is C17H23N5O3S. The van der Waals surface area contributed by atoms with Gasteiger partial charge in [0.1, 0.15) is 0 Å². The molecule has 0 N–H and O–H groups in total. The van der Waals surface area contributed by atoms with Crippen molar-refractivity contribution in [1.29, 1.82) is 0 Å². The molecule has 2 aromatic heterocycles. The van der Waals surface area contributed by atoms with Gasteiger partial charge in [-0.3, -0.25) is 14.0 Å². The number of carbonyl (C=O) groups is 2. The quantitative estimate of drug-likeness (QED) is 0.578. The Morgan fingerprint density at radius 2 is 2.15 bits per heavy atom. The first-order valence-corrected chi connectivity index (χ1v) is 9.74. The Balaban J connectivity index is 1.63. The van der Waals surface area contributed by atoms with Crippen LogP contribution in [-0.4, -0.2) is 61.8 Å². The standard InChI is InChI=1S/C17H23N5O3S/c1-4-25-15(24)13-6-5-7-21(9-13)14(23)10-26-17-20-19-16-18-11(2)8-12(3)22(16)17/h8,13H,4-7,9-10H2,1-3H3/t13-/m1/s1. The van der Waals surface area contributed by atoms with Crippen LogP contribution in [0.5, 0.6) is 0 Å². The van der Waals surface area contributed by atoms with E-state index in [9.17, 15) is 9.59 Å². The Bertz CT molecular complexity index is 822. The number of aromatic nitrogens is 4. The van der Waals surface area contributed by atoms with Gasteiger partial charge in [-0.15, -0.1) is 10.2 Å². The summed E-state index contributed by atoms with van der Waals surface area (Å²) in [5.74, 6) is 0.361. The summed E-state index contributed by atoms with van der Waals surface area (Å²) in [5.41, 5.74) is 1.86. The van der Waals surface area contributed by atoms with Crippen LogP contribution in [0, 0.1) is 19.8 Å². The second kappa shape index (κ2) is 8.03. The maximum atomic E-state index is 12.6. The summed E-state index contributed by atoms with van der Waals surface area (Å²) in [5, 5.41) is 8.88. The van der Waals surface area contributed by atoms with Crippen molar-refractivity contribution in [2.75, 3.05) is 25.4 Å². The molecule has 0 aliphatic carbocycles. The third kappa shape index (κ3) is 3.98. The maximum Gasteiger partial charge on any atom is 0.310 e. The molecule has 0 bridgehead atoms. The van der Waals surface area contributed by atoms with Crippen LogP contribution in [-0.2, 0) is 14.3 Å². The molecule has 1 saturated heterocycles. The van der Waals surface area contributed by atoms with Crippen LogP contribution in [0.3, 0.4) is 0 Å². The molecule has 140 valence electrons. The predicted octanol–water partition coefficient (Wildman–Crippen LogP) is 1.63. The molecule has 0 spiro atoms. The molecular weight excluding hydrogens is 354 g/mol. The molecule has 0 saturated carbocycles. The summed E-state index contributed by atoms with van der Waals surface area (Å²) in [4.78, 5) is 30.6. The molecule has 1 fully saturated rings. The molecule has 1 amide bonds. The minimum Gasteiger partial charge on any atom is -0.466 e. The second-order valence-corrected chi connectivity index (χ2v) is 7.32. The number of ether oxygens (including phenoxy) is 1. The van der Waals surface area contributed by atoms with E-state index < -0.39 is 0 Å². The normalized spacial score (nSPS) is 17.5. The fourth-order valence-corrected chi connectivity index (χ4v) is 4.06. The first kappa shape index (κ1) is 18.6. The predicted molar refractivity (Wildman–Crippen MR) is 96.9 cm³/mol. The van der Waals surface area contributed by atoms with Crippen molar-refractivity contribution in [1.82, 2.24) is 24.5 Å². The van der Waals surface area contributed by atoms with E-state index in [-0.39, 0.29) is 23.5 Å². The fourth-order valence-electron chi connectivity index (χ4n) is 3.17. The van der Waals surface area contributed by atoms with Crippen molar-refractivity contribution < 1.29 is 14.3 Å². The van der Waals surface area contributed by atoms with Gasteiger partial charge in [-0.25, -0.2) is 4.98 Å². The molecule has 3 heterocycles. The number of piperidine rings is 1. The Labute approximate surface area is 156 Å². The van der Waals surface area contributed by atoms with Crippen LogP contribution in [0.1, 0.15) is 31.2 Å². The van der Waals surface area contributed by atoms with Crippen LogP contribution in [0.2, 0.25) is 0 Å². The van der Waals surface area contributed by atoms with Crippen molar-refractivity contribution >= 4 is 29.4 Å². The van der Waals surface area contributed by atoms with E-state index in [2.05, 4.69) is 15.2 Å². The van der Waals surface area contributed by atoms with E-state index in [0.29, 0.717) is 30.6 Å². The number of fused-ring (bicyclic) bond motifs is 1. The summed E-state index contributed by atoms with van der Waals surface area (Å²) in [6, 6.07) is 1.96. The van der Waals surface area contributed by atoms with Gasteiger partial charge in [-0.05, 0) is 39.7 Å². The summed E-state index contributed by atoms with van der Waals surface area (Å²) < 4.78 is 6.94. The highest BCUT2D eigenvalue weighted by Crippen LogP contribution is 2.22. The van der Waals surface area contributed by atoms with Crippen molar-refractivity contribution in [3.63, 3.8) is 0 Å². The van der Waals surface area contributed by atoms with E-state index in [1.807, 2.05) is 24.3 Å². The van der Waals surface area contributed by atoms with E-state index in [4.69, 9.17) is 4.74 Å². The summed E-state index contributed by atoms with van der Waals surface area (Å²) >= 11 is 1.34. The minimum atomic E-state index is -0.221. The Hall–Kier alpha value is -2.16. The zero-order chi connectivity index (χ0) is 18.7. The maximum absolute atomic E-state index is 12.6. The lowest BCUT2D eigenvalue weighted by Crippen LogP contribution is -2.43. The number of rotatable bonds is 5. The van der Waals surface area contributed by atoms with E-state index in [0.717, 1.165) is 24.2 Å². The van der Waals surface area contributed by atoms with Gasteiger partial charge in [0.05, 0.1) is 18.3 Å². The zero-order valence-electron chi connectivity index (χ0n) is 15.3. The summed E-state index contributed by atoms with van der Waals surface area (Å²) in [6.45, 7) is 7.14. The van der Waals surface area contributed by atoms with Gasteiger partial charge in [0.15, 0.2) is 5.16 Å². The van der Waals surface area contributed by atoms with Gasteiger partial charge in [0.2, 0.25) is 5.91 Å². The average molecular weight is 377 g/mol. The molecule has 26 heavy (non-hydrogen) atoms. The number of amides is 1. The lowest BCUT2D eigenvalue weighted by molar-refractivity contribution is -0.151. The molecule has 0 aromatic carbocycles. The first-order valence-electron chi connectivity index (χ1n) is 8.76. The smallest absolute Gasteiger partial charge is 0.310 e. The number of esters is 1. The monoisotopic (exact) mass is 377 g/mol. The van der Waals surface area contributed by atoms with Crippen LogP contribution in [0.4, 0.5) is 0 Å². The van der Waals surface area contributed by atoms with Gasteiger partial charge in [0.25, 0.3) is 5.78 Å². The van der Waals surface area contributed by atoms with Crippen LogP contribution in [0.15, 0.2) is 11.2 Å². The van der Waals surface area contributed by atoms with Crippen LogP contribution < -0.4 is 0 Å². The lowest BCUT2D eigenvalue weighted by Gasteiger charge is -2.31. The van der Waals surface area contributed by atoms with Crippen LogP contribution >= 0.6 is 11.8 Å². The number of hydrogen-bond donors (Lipinski definition) is 0. The van der Waals surface area contributed by atoms with Crippen LogP contribution in [0.25, 0.3) is 5.78 Å². The highest BCUT2D eigenvalue weighted by Gasteiger charge is 2.29. The van der Waals surface area contributed by atoms with Crippen molar-refractivity contribution in [3.8, 4) is 0 Å². The van der Waals surface area contributed by atoms with Crippen molar-refractivity contribution in [3.05, 3.63) is 17.5 Å². The lowest BCUT2D eigenvalue weighted by atomic mass is 9.98. The second-order valence-electron chi connectivity index (χ2n) is 6.38.